The van der Waals surface area contributed by atoms with Gasteiger partial charge >= 0.3 is 0 Å². The molecule has 0 amide bonds. The molecule has 1 aromatic heterocycles. The van der Waals surface area contributed by atoms with Crippen LogP contribution in [0.5, 0.6) is 5.75 Å². The van der Waals surface area contributed by atoms with Crippen LogP contribution < -0.4 is 10.5 Å². The van der Waals surface area contributed by atoms with Crippen molar-refractivity contribution >= 4 is 27.3 Å². The van der Waals surface area contributed by atoms with Crippen molar-refractivity contribution in [3.63, 3.8) is 0 Å². The van der Waals surface area contributed by atoms with Crippen molar-refractivity contribution in [1.82, 2.24) is 0 Å². The molecule has 18 heavy (non-hydrogen) atoms. The predicted octanol–water partition coefficient (Wildman–Crippen LogP) is 4.15. The van der Waals surface area contributed by atoms with Gasteiger partial charge in [-0.25, -0.2) is 0 Å². The molecule has 1 heterocycles. The first kappa shape index (κ1) is 13.6. The maximum Gasteiger partial charge on any atom is 0.118 e. The van der Waals surface area contributed by atoms with Gasteiger partial charge in [-0.3, -0.25) is 0 Å². The highest BCUT2D eigenvalue weighted by Crippen LogP contribution is 2.27. The Morgan fingerprint density at radius 1 is 1.33 bits per heavy atom. The summed E-state index contributed by atoms with van der Waals surface area (Å²) in [6, 6.07) is 10.4. The number of hydrogen-bond donors (Lipinski definition) is 1. The third kappa shape index (κ3) is 3.57. The summed E-state index contributed by atoms with van der Waals surface area (Å²) in [6.45, 7) is 0. The molecule has 0 fully saturated rings. The molecule has 0 radical (unpaired) electrons. The lowest BCUT2D eigenvalue weighted by Gasteiger charge is -2.09. The van der Waals surface area contributed by atoms with E-state index >= 15 is 0 Å². The quantitative estimate of drug-likeness (QED) is 0.896. The fraction of sp³-hybridized carbons (Fsp3) is 0.286. The summed E-state index contributed by atoms with van der Waals surface area (Å²) in [5.41, 5.74) is 7.47. The number of halogens is 1. The van der Waals surface area contributed by atoms with E-state index in [0.29, 0.717) is 0 Å². The molecule has 0 aliphatic heterocycles. The monoisotopic (exact) mass is 325 g/mol. The zero-order chi connectivity index (χ0) is 13.0. The Hall–Kier alpha value is -0.840. The van der Waals surface area contributed by atoms with E-state index in [-0.39, 0.29) is 6.04 Å². The second kappa shape index (κ2) is 6.36. The number of nitrogens with two attached hydrogens (primary N) is 1. The van der Waals surface area contributed by atoms with Gasteiger partial charge in [-0.2, -0.15) is 0 Å². The van der Waals surface area contributed by atoms with Gasteiger partial charge in [0.05, 0.1) is 7.11 Å². The summed E-state index contributed by atoms with van der Waals surface area (Å²) >= 11 is 5.16. The third-order valence-corrected chi connectivity index (χ3v) is 4.68. The van der Waals surface area contributed by atoms with Gasteiger partial charge in [0, 0.05) is 20.8 Å². The summed E-state index contributed by atoms with van der Waals surface area (Å²) < 4.78 is 6.25. The minimum absolute atomic E-state index is 0.114. The topological polar surface area (TPSA) is 35.2 Å². The van der Waals surface area contributed by atoms with Gasteiger partial charge in [-0.15, -0.1) is 11.3 Å². The van der Waals surface area contributed by atoms with Crippen LogP contribution in [0.1, 0.15) is 22.9 Å². The molecule has 2 aromatic rings. The highest BCUT2D eigenvalue weighted by Gasteiger charge is 2.08. The fourth-order valence-corrected chi connectivity index (χ4v) is 3.26. The molecule has 0 saturated heterocycles. The standard InChI is InChI=1S/C14H16BrNOS/c1-17-12-5-2-10(3-6-12)4-7-13(16)14-8-11(15)9-18-14/h2-3,5-6,8-9,13H,4,7,16H2,1H3. The van der Waals surface area contributed by atoms with Crippen molar-refractivity contribution in [2.24, 2.45) is 5.73 Å². The maximum atomic E-state index is 6.18. The second-order valence-electron chi connectivity index (χ2n) is 4.16. The Bertz CT molecular complexity index is 495. The summed E-state index contributed by atoms with van der Waals surface area (Å²) in [5.74, 6) is 0.894. The number of thiophene rings is 1. The van der Waals surface area contributed by atoms with Crippen molar-refractivity contribution in [2.45, 2.75) is 18.9 Å². The van der Waals surface area contributed by atoms with Gasteiger partial charge < -0.3 is 10.5 Å². The van der Waals surface area contributed by atoms with Gasteiger partial charge in [-0.05, 0) is 52.5 Å². The Labute approximate surface area is 120 Å². The van der Waals surface area contributed by atoms with E-state index in [9.17, 15) is 0 Å². The van der Waals surface area contributed by atoms with Crippen molar-refractivity contribution in [2.75, 3.05) is 7.11 Å². The average molecular weight is 326 g/mol. The smallest absolute Gasteiger partial charge is 0.118 e. The van der Waals surface area contributed by atoms with Crippen molar-refractivity contribution in [3.05, 3.63) is 50.6 Å². The van der Waals surface area contributed by atoms with Gasteiger partial charge in [0.25, 0.3) is 0 Å². The highest BCUT2D eigenvalue weighted by atomic mass is 79.9. The van der Waals surface area contributed by atoms with Gasteiger partial charge in [0.2, 0.25) is 0 Å². The van der Waals surface area contributed by atoms with E-state index < -0.39 is 0 Å². The van der Waals surface area contributed by atoms with E-state index in [0.717, 1.165) is 23.1 Å². The van der Waals surface area contributed by atoms with Gasteiger partial charge in [0.1, 0.15) is 5.75 Å². The largest absolute Gasteiger partial charge is 0.497 e. The van der Waals surface area contributed by atoms with E-state index in [1.54, 1.807) is 18.4 Å². The van der Waals surface area contributed by atoms with Gasteiger partial charge in [0.15, 0.2) is 0 Å². The van der Waals surface area contributed by atoms with Crippen LogP contribution in [0.3, 0.4) is 0 Å². The van der Waals surface area contributed by atoms with Crippen molar-refractivity contribution in [1.29, 1.82) is 0 Å². The Balaban J connectivity index is 1.90. The zero-order valence-electron chi connectivity index (χ0n) is 10.2. The summed E-state index contributed by atoms with van der Waals surface area (Å²) in [6.07, 6.45) is 1.94. The molecule has 1 aromatic carbocycles. The van der Waals surface area contributed by atoms with Crippen molar-refractivity contribution in [3.8, 4) is 5.75 Å². The SMILES string of the molecule is COc1ccc(CCC(N)c2cc(Br)cs2)cc1. The highest BCUT2D eigenvalue weighted by molar-refractivity contribution is 9.10. The molecule has 0 aliphatic carbocycles. The fourth-order valence-electron chi connectivity index (χ4n) is 1.78. The first-order valence-corrected chi connectivity index (χ1v) is 7.49. The van der Waals surface area contributed by atoms with Crippen LogP contribution in [-0.2, 0) is 6.42 Å². The molecule has 1 atom stereocenters. The minimum Gasteiger partial charge on any atom is -0.497 e. The molecule has 4 heteroatoms. The lowest BCUT2D eigenvalue weighted by atomic mass is 10.0. The molecule has 0 bridgehead atoms. The van der Waals surface area contributed by atoms with Crippen LogP contribution in [-0.4, -0.2) is 7.11 Å². The van der Waals surface area contributed by atoms with Crippen LogP contribution in [0.25, 0.3) is 0 Å². The summed E-state index contributed by atoms with van der Waals surface area (Å²) in [5, 5.41) is 2.07. The molecule has 2 rings (SSSR count). The Morgan fingerprint density at radius 3 is 2.61 bits per heavy atom. The minimum atomic E-state index is 0.114. The average Bonchev–Trinajstić information content (AvgIpc) is 2.83. The Morgan fingerprint density at radius 2 is 2.06 bits per heavy atom. The van der Waals surface area contributed by atoms with Crippen LogP contribution in [0, 0.1) is 0 Å². The molecule has 1 unspecified atom stereocenters. The molecule has 2 nitrogen and oxygen atoms in total. The number of aryl methyl sites for hydroxylation is 1. The number of hydrogen-bond acceptors (Lipinski definition) is 3. The third-order valence-electron chi connectivity index (χ3n) is 2.86. The van der Waals surface area contributed by atoms with Crippen LogP contribution in [0.2, 0.25) is 0 Å². The van der Waals surface area contributed by atoms with E-state index in [4.69, 9.17) is 10.5 Å². The molecule has 0 spiro atoms. The number of methoxy groups -OCH3 is 1. The van der Waals surface area contributed by atoms with Gasteiger partial charge in [-0.1, -0.05) is 12.1 Å². The number of rotatable bonds is 5. The molecule has 0 saturated carbocycles. The molecule has 96 valence electrons. The summed E-state index contributed by atoms with van der Waals surface area (Å²) in [4.78, 5) is 1.23. The predicted molar refractivity (Wildman–Crippen MR) is 80.3 cm³/mol. The first-order valence-electron chi connectivity index (χ1n) is 5.81. The van der Waals surface area contributed by atoms with Crippen LogP contribution in [0.4, 0.5) is 0 Å². The molecule has 2 N–H and O–H groups in total. The molecular formula is C14H16BrNOS. The van der Waals surface area contributed by atoms with Crippen LogP contribution >= 0.6 is 27.3 Å². The van der Waals surface area contributed by atoms with E-state index in [1.165, 1.54) is 10.4 Å². The second-order valence-corrected chi connectivity index (χ2v) is 6.02. The normalized spacial score (nSPS) is 12.4. The molecule has 0 aliphatic rings. The summed E-state index contributed by atoms with van der Waals surface area (Å²) in [7, 11) is 1.68. The van der Waals surface area contributed by atoms with E-state index in [1.807, 2.05) is 12.1 Å². The Kier molecular flexibility index (Phi) is 4.80. The number of benzene rings is 1. The molecular weight excluding hydrogens is 310 g/mol. The first-order chi connectivity index (χ1) is 8.69. The maximum absolute atomic E-state index is 6.18. The van der Waals surface area contributed by atoms with Crippen LogP contribution in [0.15, 0.2) is 40.2 Å². The van der Waals surface area contributed by atoms with E-state index in [2.05, 4.69) is 39.5 Å². The van der Waals surface area contributed by atoms with Crippen molar-refractivity contribution < 1.29 is 4.74 Å². The zero-order valence-corrected chi connectivity index (χ0v) is 12.6. The lowest BCUT2D eigenvalue weighted by Crippen LogP contribution is -2.09. The lowest BCUT2D eigenvalue weighted by molar-refractivity contribution is 0.414. The number of ether oxygens (including phenoxy) is 1.